The number of aliphatic hydroxyl groups excluding tert-OH is 3. The summed E-state index contributed by atoms with van der Waals surface area (Å²) in [5, 5.41) is 35.3. The van der Waals surface area contributed by atoms with Gasteiger partial charge < -0.3 is 68.6 Å². The number of hydrogen-bond acceptors (Lipinski definition) is 16. The average molecular weight is 1300 g/mol. The Balaban J connectivity index is 0.000000703. The van der Waals surface area contributed by atoms with Crippen molar-refractivity contribution >= 4 is 23.8 Å². The fourth-order valence-electron chi connectivity index (χ4n) is 12.2. The second-order valence-electron chi connectivity index (χ2n) is 25.3. The number of rotatable bonds is 43. The van der Waals surface area contributed by atoms with E-state index in [-0.39, 0.29) is 107 Å². The molecular weight excluding hydrogens is 1170 g/mol. The van der Waals surface area contributed by atoms with Crippen LogP contribution in [0, 0.1) is 23.7 Å². The van der Waals surface area contributed by atoms with Gasteiger partial charge >= 0.3 is 11.9 Å². The zero-order chi connectivity index (χ0) is 66.4. The number of amides is 2. The van der Waals surface area contributed by atoms with Crippen LogP contribution in [-0.2, 0) is 57.9 Å². The molecule has 2 aliphatic rings. The number of carbonyl (C=O) groups excluding carboxylic acids is 4. The van der Waals surface area contributed by atoms with Gasteiger partial charge in [0.2, 0.25) is 11.8 Å². The monoisotopic (exact) mass is 1290 g/mol. The van der Waals surface area contributed by atoms with E-state index >= 15 is 0 Å². The van der Waals surface area contributed by atoms with Crippen LogP contribution in [-0.4, -0.2) is 142 Å². The lowest BCUT2D eigenvalue weighted by Crippen LogP contribution is -2.58. The maximum Gasteiger partial charge on any atom is 0.302 e. The lowest BCUT2D eigenvalue weighted by molar-refractivity contribution is -0.244. The zero-order valence-electron chi connectivity index (χ0n) is 56.9. The van der Waals surface area contributed by atoms with Crippen molar-refractivity contribution < 1.29 is 78.6 Å². The number of nitrogens with one attached hydrogen (secondary N) is 2. The van der Waals surface area contributed by atoms with Crippen molar-refractivity contribution in [1.29, 1.82) is 0 Å². The molecule has 5 rings (SSSR count). The van der Waals surface area contributed by atoms with Gasteiger partial charge in [-0.3, -0.25) is 19.2 Å². The van der Waals surface area contributed by atoms with Crippen LogP contribution < -0.4 is 20.1 Å². The number of benzene rings is 3. The van der Waals surface area contributed by atoms with Crippen LogP contribution >= 0.6 is 0 Å². The van der Waals surface area contributed by atoms with E-state index in [9.17, 15) is 29.4 Å². The minimum atomic E-state index is -0.942. The Hall–Kier alpha value is -5.18. The first-order valence-electron chi connectivity index (χ1n) is 34.2. The molecule has 12 unspecified atom stereocenters. The van der Waals surface area contributed by atoms with Crippen LogP contribution in [0.3, 0.4) is 0 Å². The molecule has 12 atom stereocenters. The number of ether oxygens (including phenoxy) is 9. The molecule has 2 amide bonds. The predicted octanol–water partition coefficient (Wildman–Crippen LogP) is 13.3. The lowest BCUT2D eigenvalue weighted by Gasteiger charge is -2.44. The van der Waals surface area contributed by atoms with E-state index in [0.29, 0.717) is 26.1 Å². The number of esters is 2. The van der Waals surface area contributed by atoms with Crippen molar-refractivity contribution in [2.45, 2.75) is 259 Å². The molecule has 18 nitrogen and oxygen atoms in total. The standard InChI is InChI=1S/C47H67NO9.C26H49NO7.CH4.H2/c1-34-35(2)45(48-36(3)49)46(57-44(34)33-55-37(4)50)54-31-19-14-12-10-8-7-9-11-13-18-22-41(51)32-56-47(38-20-16-15-17-21-38,39-23-27-42(52-5)28-24-39)40-25-29-43(53-6)30-26-40;1-19-20(2)25(27-21(3)29)26(34-24(19)18-33-22(4)30)32-16-14-12-10-8-6-5-7-9-11-13-15-23(31)17-28;;/h15-17,20-21,23-30,34-35,41,44-46,51H,7-14,18-19,22,31-33H2,1-6H3,(H,48,49);19-20,23-26,28,31H,5-18H2,1-4H3,(H,27,29);1H4;1H. The first kappa shape index (κ1) is 81.1. The van der Waals surface area contributed by atoms with Gasteiger partial charge in [0.25, 0.3) is 0 Å². The molecule has 0 radical (unpaired) electrons. The maximum atomic E-state index is 11.9. The van der Waals surface area contributed by atoms with Crippen LogP contribution in [0.1, 0.15) is 222 Å². The molecule has 5 N–H and O–H groups in total. The van der Waals surface area contributed by atoms with Gasteiger partial charge in [-0.25, -0.2) is 0 Å². The molecule has 2 aliphatic heterocycles. The van der Waals surface area contributed by atoms with Gasteiger partial charge in [-0.2, -0.15) is 0 Å². The largest absolute Gasteiger partial charge is 0.497 e. The Morgan fingerprint density at radius 3 is 1.16 bits per heavy atom. The summed E-state index contributed by atoms with van der Waals surface area (Å²) in [4.78, 5) is 46.2. The zero-order valence-corrected chi connectivity index (χ0v) is 56.9. The summed E-state index contributed by atoms with van der Waals surface area (Å²) in [5.41, 5.74) is 1.93. The van der Waals surface area contributed by atoms with E-state index in [1.165, 1.54) is 91.9 Å². The van der Waals surface area contributed by atoms with Crippen molar-refractivity contribution in [2.24, 2.45) is 23.7 Å². The van der Waals surface area contributed by atoms with Crippen molar-refractivity contribution in [3.63, 3.8) is 0 Å². The summed E-state index contributed by atoms with van der Waals surface area (Å²) in [6.07, 6.45) is 21.1. The summed E-state index contributed by atoms with van der Waals surface area (Å²) in [6.45, 7) is 15.6. The number of carbonyl (C=O) groups is 4. The van der Waals surface area contributed by atoms with Crippen LogP contribution in [0.5, 0.6) is 11.5 Å². The summed E-state index contributed by atoms with van der Waals surface area (Å²) in [6, 6.07) is 25.6. The number of aliphatic hydroxyl groups is 3. The highest BCUT2D eigenvalue weighted by Crippen LogP contribution is 2.42. The van der Waals surface area contributed by atoms with Gasteiger partial charge in [-0.1, -0.05) is 205 Å². The highest BCUT2D eigenvalue weighted by atomic mass is 16.7. The maximum absolute atomic E-state index is 11.9. The molecular formula is C74H122N2O16. The van der Waals surface area contributed by atoms with Gasteiger partial charge in [0.15, 0.2) is 12.6 Å². The van der Waals surface area contributed by atoms with Crippen LogP contribution in [0.15, 0.2) is 78.9 Å². The molecule has 0 aromatic heterocycles. The van der Waals surface area contributed by atoms with E-state index in [1.54, 1.807) is 14.2 Å². The molecule has 2 saturated heterocycles. The Labute approximate surface area is 554 Å². The first-order chi connectivity index (χ1) is 43.8. The molecule has 0 aliphatic carbocycles. The number of methoxy groups -OCH3 is 2. The van der Waals surface area contributed by atoms with Gasteiger partial charge in [0, 0.05) is 42.3 Å². The van der Waals surface area contributed by atoms with Crippen LogP contribution in [0.2, 0.25) is 0 Å². The smallest absolute Gasteiger partial charge is 0.302 e. The first-order valence-corrected chi connectivity index (χ1v) is 34.2. The summed E-state index contributed by atoms with van der Waals surface area (Å²) in [5.74, 6) is 1.08. The van der Waals surface area contributed by atoms with Gasteiger partial charge in [0.05, 0.1) is 63.9 Å². The van der Waals surface area contributed by atoms with Crippen LogP contribution in [0.25, 0.3) is 0 Å². The highest BCUT2D eigenvalue weighted by molar-refractivity contribution is 5.73. The molecule has 0 spiro atoms. The molecule has 3 aromatic rings. The highest BCUT2D eigenvalue weighted by Gasteiger charge is 2.45. The third-order valence-electron chi connectivity index (χ3n) is 18.1. The summed E-state index contributed by atoms with van der Waals surface area (Å²) >= 11 is 0. The van der Waals surface area contributed by atoms with Crippen molar-refractivity contribution in [3.8, 4) is 11.5 Å². The van der Waals surface area contributed by atoms with E-state index < -0.39 is 30.4 Å². The second kappa shape index (κ2) is 46.0. The topological polar surface area (TPSA) is 236 Å². The van der Waals surface area contributed by atoms with Crippen molar-refractivity contribution in [1.82, 2.24) is 10.6 Å². The minimum absolute atomic E-state index is 0. The van der Waals surface area contributed by atoms with Crippen LogP contribution in [0.4, 0.5) is 0 Å². The third-order valence-corrected chi connectivity index (χ3v) is 18.1. The van der Waals surface area contributed by atoms with Crippen molar-refractivity contribution in [2.75, 3.05) is 53.9 Å². The molecule has 92 heavy (non-hydrogen) atoms. The molecule has 524 valence electrons. The fraction of sp³-hybridized carbons (Fsp3) is 0.703. The predicted molar refractivity (Wildman–Crippen MR) is 362 cm³/mol. The van der Waals surface area contributed by atoms with Crippen molar-refractivity contribution in [3.05, 3.63) is 95.6 Å². The van der Waals surface area contributed by atoms with Gasteiger partial charge in [-0.05, 0) is 90.3 Å². The minimum Gasteiger partial charge on any atom is -0.497 e. The lowest BCUT2D eigenvalue weighted by atomic mass is 9.80. The summed E-state index contributed by atoms with van der Waals surface area (Å²) < 4.78 is 52.7. The number of hydrogen-bond donors (Lipinski definition) is 5. The molecule has 2 fully saturated rings. The SMILES string of the molecule is C.CC(=O)NC1C(OCCCCCCCCCCCCC(O)CO)OC(COC(C)=O)C(C)C1C.COc1ccc(C(OCC(O)CCCCCCCCCCCCOC2OC(COC(C)=O)C(C)C(C)C2NC(C)=O)(c2ccccc2)c2ccc(OC)cc2)cc1.[HH]. The Morgan fingerprint density at radius 1 is 0.489 bits per heavy atom. The molecule has 0 saturated carbocycles. The Bertz CT molecular complexity index is 2390. The third kappa shape index (κ3) is 29.2. The molecule has 3 aromatic carbocycles. The summed E-state index contributed by atoms with van der Waals surface area (Å²) in [7, 11) is 3.32. The van der Waals surface area contributed by atoms with E-state index in [0.717, 1.165) is 92.4 Å². The van der Waals surface area contributed by atoms with E-state index in [4.69, 9.17) is 47.7 Å². The average Bonchev–Trinajstić information content (AvgIpc) is 0.766. The van der Waals surface area contributed by atoms with E-state index in [1.807, 2.05) is 73.7 Å². The second-order valence-corrected chi connectivity index (χ2v) is 25.3. The molecule has 18 heteroatoms. The van der Waals surface area contributed by atoms with Gasteiger partial charge in [-0.15, -0.1) is 0 Å². The quantitative estimate of drug-likeness (QED) is 0.0201. The fourth-order valence-corrected chi connectivity index (χ4v) is 12.2. The van der Waals surface area contributed by atoms with Gasteiger partial charge in [0.1, 0.15) is 30.3 Å². The molecule has 0 bridgehead atoms. The Morgan fingerprint density at radius 2 is 0.826 bits per heavy atom. The number of unbranched alkanes of at least 4 members (excludes halogenated alkanes) is 18. The Kier molecular flexibility index (Phi) is 40.6. The normalized spacial score (nSPS) is 21.9. The van der Waals surface area contributed by atoms with E-state index in [2.05, 4.69) is 43.5 Å². The molecule has 2 heterocycles.